The molecular formula is C10H15N3O3S. The molecule has 1 aromatic rings. The van der Waals surface area contributed by atoms with Crippen molar-refractivity contribution in [3.63, 3.8) is 0 Å². The smallest absolute Gasteiger partial charge is 0.269 e. The highest BCUT2D eigenvalue weighted by atomic mass is 32.2. The lowest BCUT2D eigenvalue weighted by Crippen LogP contribution is -2.36. The summed E-state index contributed by atoms with van der Waals surface area (Å²) in [6.07, 6.45) is 2.05. The van der Waals surface area contributed by atoms with Gasteiger partial charge in [-0.2, -0.15) is 5.10 Å². The van der Waals surface area contributed by atoms with Crippen molar-refractivity contribution < 1.29 is 13.2 Å². The molecule has 94 valence electrons. The molecule has 2 heterocycles. The fourth-order valence-electron chi connectivity index (χ4n) is 1.95. The minimum atomic E-state index is -2.96. The van der Waals surface area contributed by atoms with Gasteiger partial charge < -0.3 is 5.32 Å². The molecule has 1 fully saturated rings. The van der Waals surface area contributed by atoms with Crippen LogP contribution in [0.2, 0.25) is 0 Å². The first-order chi connectivity index (χ1) is 8.02. The second-order valence-electron chi connectivity index (χ2n) is 4.11. The standard InChI is InChI=1S/C10H15N3O3S/c1-2-13-9(3-5-11-13)10(14)12-8-4-6-17(15,16)7-8/h3,5,8H,2,4,6-7H2,1H3,(H,12,14). The summed E-state index contributed by atoms with van der Waals surface area (Å²) in [7, 11) is -2.96. The molecule has 0 aromatic carbocycles. The Morgan fingerprint density at radius 1 is 1.65 bits per heavy atom. The van der Waals surface area contributed by atoms with Crippen molar-refractivity contribution in [3.05, 3.63) is 18.0 Å². The van der Waals surface area contributed by atoms with Crippen molar-refractivity contribution in [2.24, 2.45) is 0 Å². The van der Waals surface area contributed by atoms with Crippen molar-refractivity contribution >= 4 is 15.7 Å². The first-order valence-corrected chi connectivity index (χ1v) is 7.37. The number of hydrogen-bond acceptors (Lipinski definition) is 4. The highest BCUT2D eigenvalue weighted by Crippen LogP contribution is 2.12. The maximum absolute atomic E-state index is 11.9. The van der Waals surface area contributed by atoms with E-state index >= 15 is 0 Å². The van der Waals surface area contributed by atoms with Crippen molar-refractivity contribution in [1.82, 2.24) is 15.1 Å². The molecule has 0 spiro atoms. The second-order valence-corrected chi connectivity index (χ2v) is 6.33. The molecule has 1 aliphatic rings. The number of amides is 1. The SMILES string of the molecule is CCn1nccc1C(=O)NC1CCS(=O)(=O)C1. The fraction of sp³-hybridized carbons (Fsp3) is 0.600. The second kappa shape index (κ2) is 4.48. The Kier molecular flexibility index (Phi) is 3.19. The van der Waals surface area contributed by atoms with Crippen LogP contribution in [0.5, 0.6) is 0 Å². The van der Waals surface area contributed by atoms with Crippen LogP contribution in [0.1, 0.15) is 23.8 Å². The average Bonchev–Trinajstić information content (AvgIpc) is 2.84. The summed E-state index contributed by atoms with van der Waals surface area (Å²) < 4.78 is 24.1. The molecule has 0 bridgehead atoms. The number of carbonyl (C=O) groups is 1. The van der Waals surface area contributed by atoms with E-state index in [1.54, 1.807) is 16.9 Å². The highest BCUT2D eigenvalue weighted by molar-refractivity contribution is 7.91. The van der Waals surface area contributed by atoms with Crippen molar-refractivity contribution in [2.45, 2.75) is 25.9 Å². The molecule has 1 N–H and O–H groups in total. The predicted octanol–water partition coefficient (Wildman–Crippen LogP) is -0.180. The summed E-state index contributed by atoms with van der Waals surface area (Å²) in [4.78, 5) is 11.9. The third-order valence-electron chi connectivity index (χ3n) is 2.82. The summed E-state index contributed by atoms with van der Waals surface area (Å²) in [5.41, 5.74) is 0.469. The van der Waals surface area contributed by atoms with Gasteiger partial charge in [0, 0.05) is 18.8 Å². The number of hydrogen-bond donors (Lipinski definition) is 1. The molecular weight excluding hydrogens is 242 g/mol. The monoisotopic (exact) mass is 257 g/mol. The van der Waals surface area contributed by atoms with Crippen LogP contribution in [0.15, 0.2) is 12.3 Å². The van der Waals surface area contributed by atoms with Gasteiger partial charge in [-0.25, -0.2) is 8.42 Å². The summed E-state index contributed by atoms with van der Waals surface area (Å²) in [5.74, 6) is -0.0595. The zero-order valence-corrected chi connectivity index (χ0v) is 10.4. The van der Waals surface area contributed by atoms with Crippen LogP contribution in [0.25, 0.3) is 0 Å². The normalized spacial score (nSPS) is 22.5. The molecule has 1 amide bonds. The van der Waals surface area contributed by atoms with Crippen molar-refractivity contribution in [2.75, 3.05) is 11.5 Å². The Bertz CT molecular complexity index is 521. The number of nitrogens with one attached hydrogen (secondary N) is 1. The zero-order valence-electron chi connectivity index (χ0n) is 9.59. The number of carbonyl (C=O) groups excluding carboxylic acids is 1. The van der Waals surface area contributed by atoms with E-state index < -0.39 is 9.84 Å². The molecule has 0 aliphatic carbocycles. The molecule has 1 saturated heterocycles. The average molecular weight is 257 g/mol. The molecule has 7 heteroatoms. The molecule has 0 saturated carbocycles. The molecule has 1 atom stereocenters. The highest BCUT2D eigenvalue weighted by Gasteiger charge is 2.29. The molecule has 17 heavy (non-hydrogen) atoms. The quantitative estimate of drug-likeness (QED) is 0.814. The van der Waals surface area contributed by atoms with E-state index in [0.717, 1.165) is 0 Å². The van der Waals surface area contributed by atoms with Gasteiger partial charge in [0.25, 0.3) is 5.91 Å². The minimum absolute atomic E-state index is 0.0407. The van der Waals surface area contributed by atoms with Gasteiger partial charge >= 0.3 is 0 Å². The lowest BCUT2D eigenvalue weighted by Gasteiger charge is -2.11. The van der Waals surface area contributed by atoms with Crippen LogP contribution < -0.4 is 5.32 Å². The lowest BCUT2D eigenvalue weighted by molar-refractivity contribution is 0.0930. The Morgan fingerprint density at radius 3 is 3.00 bits per heavy atom. The van der Waals surface area contributed by atoms with Crippen LogP contribution in [-0.2, 0) is 16.4 Å². The number of rotatable bonds is 3. The topological polar surface area (TPSA) is 81.1 Å². The Morgan fingerprint density at radius 2 is 2.41 bits per heavy atom. The van der Waals surface area contributed by atoms with Crippen molar-refractivity contribution in [1.29, 1.82) is 0 Å². The van der Waals surface area contributed by atoms with E-state index in [-0.39, 0.29) is 23.5 Å². The van der Waals surface area contributed by atoms with E-state index in [1.807, 2.05) is 6.92 Å². The Hall–Kier alpha value is -1.37. The molecule has 0 radical (unpaired) electrons. The summed E-state index contributed by atoms with van der Waals surface area (Å²) in [6.45, 7) is 2.50. The predicted molar refractivity (Wildman–Crippen MR) is 62.4 cm³/mol. The largest absolute Gasteiger partial charge is 0.347 e. The lowest BCUT2D eigenvalue weighted by atomic mass is 10.2. The number of aryl methyl sites for hydroxylation is 1. The maximum atomic E-state index is 11.9. The fourth-order valence-corrected chi connectivity index (χ4v) is 3.62. The minimum Gasteiger partial charge on any atom is -0.347 e. The van der Waals surface area contributed by atoms with Gasteiger partial charge in [0.15, 0.2) is 9.84 Å². The van der Waals surface area contributed by atoms with Gasteiger partial charge in [0.05, 0.1) is 11.5 Å². The van der Waals surface area contributed by atoms with Gasteiger partial charge in [0.2, 0.25) is 0 Å². The molecule has 1 aromatic heterocycles. The van der Waals surface area contributed by atoms with E-state index in [4.69, 9.17) is 0 Å². The first-order valence-electron chi connectivity index (χ1n) is 5.55. The maximum Gasteiger partial charge on any atom is 0.269 e. The van der Waals surface area contributed by atoms with Crippen LogP contribution in [0, 0.1) is 0 Å². The van der Waals surface area contributed by atoms with E-state index in [1.165, 1.54) is 0 Å². The molecule has 1 unspecified atom stereocenters. The van der Waals surface area contributed by atoms with Gasteiger partial charge in [-0.15, -0.1) is 0 Å². The van der Waals surface area contributed by atoms with Gasteiger partial charge in [-0.1, -0.05) is 0 Å². The van der Waals surface area contributed by atoms with Crippen LogP contribution >= 0.6 is 0 Å². The van der Waals surface area contributed by atoms with E-state index in [2.05, 4.69) is 10.4 Å². The molecule has 6 nitrogen and oxygen atoms in total. The number of aromatic nitrogens is 2. The number of sulfone groups is 1. The summed E-state index contributed by atoms with van der Waals surface area (Å²) in [5, 5.41) is 6.73. The number of nitrogens with zero attached hydrogens (tertiary/aromatic N) is 2. The first kappa shape index (κ1) is 12.1. The Labute approximate surface area is 99.9 Å². The zero-order chi connectivity index (χ0) is 12.5. The molecule has 1 aliphatic heterocycles. The summed E-state index contributed by atoms with van der Waals surface area (Å²) in [6, 6.07) is 1.36. The van der Waals surface area contributed by atoms with Crippen molar-refractivity contribution in [3.8, 4) is 0 Å². The van der Waals surface area contributed by atoms with Gasteiger partial charge in [-0.05, 0) is 19.4 Å². The van der Waals surface area contributed by atoms with Crippen LogP contribution in [0.3, 0.4) is 0 Å². The van der Waals surface area contributed by atoms with Crippen LogP contribution in [0.4, 0.5) is 0 Å². The third kappa shape index (κ3) is 2.66. The molecule has 2 rings (SSSR count). The van der Waals surface area contributed by atoms with E-state index in [9.17, 15) is 13.2 Å². The van der Waals surface area contributed by atoms with E-state index in [0.29, 0.717) is 18.7 Å². The van der Waals surface area contributed by atoms with Crippen LogP contribution in [-0.4, -0.2) is 41.7 Å². The Balaban J connectivity index is 2.03. The van der Waals surface area contributed by atoms with Gasteiger partial charge in [0.1, 0.15) is 5.69 Å². The third-order valence-corrected chi connectivity index (χ3v) is 4.58. The van der Waals surface area contributed by atoms with Gasteiger partial charge in [-0.3, -0.25) is 9.48 Å². The summed E-state index contributed by atoms with van der Waals surface area (Å²) >= 11 is 0.